The van der Waals surface area contributed by atoms with Gasteiger partial charge in [0, 0.05) is 18.7 Å². The number of nitrogens with one attached hydrogen (secondary N) is 1. The summed E-state index contributed by atoms with van der Waals surface area (Å²) in [6.07, 6.45) is 0.304. The van der Waals surface area contributed by atoms with E-state index in [1.807, 2.05) is 0 Å². The monoisotopic (exact) mass is 370 g/mol. The number of carbonyl (C=O) groups is 2. The molecule has 1 aliphatic heterocycles. The van der Waals surface area contributed by atoms with Crippen LogP contribution in [0.5, 0.6) is 0 Å². The number of aliphatic hydroxyl groups excluding tert-OH is 1. The van der Waals surface area contributed by atoms with Gasteiger partial charge >= 0.3 is 5.97 Å². The van der Waals surface area contributed by atoms with E-state index in [1.165, 1.54) is 29.4 Å². The van der Waals surface area contributed by atoms with Crippen molar-refractivity contribution in [2.75, 3.05) is 13.1 Å². The third-order valence-corrected chi connectivity index (χ3v) is 6.09. The highest BCUT2D eigenvalue weighted by Crippen LogP contribution is 2.23. The molecule has 0 saturated carbocycles. The third-order valence-electron chi connectivity index (χ3n) is 4.19. The van der Waals surface area contributed by atoms with E-state index in [9.17, 15) is 23.1 Å². The predicted molar refractivity (Wildman–Crippen MR) is 89.7 cm³/mol. The predicted octanol–water partition coefficient (Wildman–Crippen LogP) is 0.343. The zero-order valence-corrected chi connectivity index (χ0v) is 14.9. The molecule has 0 bridgehead atoms. The number of benzene rings is 1. The van der Waals surface area contributed by atoms with E-state index in [1.54, 1.807) is 6.92 Å². The molecule has 0 radical (unpaired) electrons. The molecule has 1 aromatic carbocycles. The van der Waals surface area contributed by atoms with Crippen LogP contribution in [0.2, 0.25) is 0 Å². The normalized spacial score (nSPS) is 17.9. The highest BCUT2D eigenvalue weighted by atomic mass is 32.2. The van der Waals surface area contributed by atoms with Crippen LogP contribution < -0.4 is 5.32 Å². The smallest absolute Gasteiger partial charge is 0.328 e. The topological polar surface area (TPSA) is 124 Å². The molecule has 3 N–H and O–H groups in total. The summed E-state index contributed by atoms with van der Waals surface area (Å²) in [6, 6.07) is 2.71. The van der Waals surface area contributed by atoms with Crippen LogP contribution in [0.15, 0.2) is 23.1 Å². The molecule has 25 heavy (non-hydrogen) atoms. The molecular weight excluding hydrogens is 348 g/mol. The minimum Gasteiger partial charge on any atom is -0.480 e. The van der Waals surface area contributed by atoms with Gasteiger partial charge in [-0.05, 0) is 44.4 Å². The molecule has 1 fully saturated rings. The molecule has 0 spiro atoms. The van der Waals surface area contributed by atoms with Gasteiger partial charge in [0.25, 0.3) is 5.91 Å². The number of carboxylic acid groups (broad SMARTS) is 1. The Balaban J connectivity index is 2.32. The molecule has 2 atom stereocenters. The number of sulfonamides is 1. The molecule has 1 saturated heterocycles. The summed E-state index contributed by atoms with van der Waals surface area (Å²) in [4.78, 5) is 23.5. The first-order chi connectivity index (χ1) is 11.6. The summed E-state index contributed by atoms with van der Waals surface area (Å²) in [5.74, 6) is -2.12. The van der Waals surface area contributed by atoms with Gasteiger partial charge in [0.05, 0.1) is 11.0 Å². The van der Waals surface area contributed by atoms with Crippen molar-refractivity contribution in [2.24, 2.45) is 0 Å². The number of carbonyl (C=O) groups excluding carboxylic acids is 1. The van der Waals surface area contributed by atoms with Gasteiger partial charge in [-0.15, -0.1) is 0 Å². The maximum absolute atomic E-state index is 12.6. The lowest BCUT2D eigenvalue weighted by Gasteiger charge is -2.19. The number of nitrogens with zero attached hydrogens (tertiary/aromatic N) is 1. The molecule has 9 heteroatoms. The first-order valence-electron chi connectivity index (χ1n) is 7.97. The van der Waals surface area contributed by atoms with E-state index in [0.717, 1.165) is 12.8 Å². The number of hydrogen-bond acceptors (Lipinski definition) is 5. The largest absolute Gasteiger partial charge is 0.480 e. The van der Waals surface area contributed by atoms with E-state index < -0.39 is 34.0 Å². The van der Waals surface area contributed by atoms with Gasteiger partial charge in [-0.25, -0.2) is 13.2 Å². The molecular formula is C16H22N2O6S. The van der Waals surface area contributed by atoms with Gasteiger partial charge in [-0.1, -0.05) is 6.07 Å². The van der Waals surface area contributed by atoms with Crippen molar-refractivity contribution in [1.82, 2.24) is 9.62 Å². The summed E-state index contributed by atoms with van der Waals surface area (Å²) in [6.45, 7) is 3.77. The average Bonchev–Trinajstić information content (AvgIpc) is 3.07. The Morgan fingerprint density at radius 3 is 2.36 bits per heavy atom. The van der Waals surface area contributed by atoms with Crippen LogP contribution in [0.25, 0.3) is 0 Å². The Labute approximate surface area is 146 Å². The van der Waals surface area contributed by atoms with Gasteiger partial charge in [-0.2, -0.15) is 4.31 Å². The molecule has 0 unspecified atom stereocenters. The second kappa shape index (κ2) is 7.51. The van der Waals surface area contributed by atoms with Crippen molar-refractivity contribution in [3.63, 3.8) is 0 Å². The fourth-order valence-electron chi connectivity index (χ4n) is 2.69. The van der Waals surface area contributed by atoms with Crippen LogP contribution in [-0.4, -0.2) is 60.0 Å². The second-order valence-corrected chi connectivity index (χ2v) is 8.06. The fourth-order valence-corrected chi connectivity index (χ4v) is 4.24. The van der Waals surface area contributed by atoms with Crippen molar-refractivity contribution >= 4 is 21.9 Å². The Bertz CT molecular complexity index is 769. The summed E-state index contributed by atoms with van der Waals surface area (Å²) in [5.41, 5.74) is 0.569. The molecule has 8 nitrogen and oxygen atoms in total. The van der Waals surface area contributed by atoms with Gasteiger partial charge in [0.15, 0.2) is 6.04 Å². The number of rotatable bonds is 6. The number of amides is 1. The molecule has 1 aliphatic rings. The van der Waals surface area contributed by atoms with Gasteiger partial charge in [-0.3, -0.25) is 4.79 Å². The number of aryl methyl sites for hydroxylation is 1. The first kappa shape index (κ1) is 19.4. The maximum atomic E-state index is 12.6. The summed E-state index contributed by atoms with van der Waals surface area (Å²) in [5, 5.41) is 20.8. The third kappa shape index (κ3) is 4.17. The maximum Gasteiger partial charge on any atom is 0.328 e. The van der Waals surface area contributed by atoms with E-state index in [2.05, 4.69) is 5.32 Å². The Morgan fingerprint density at radius 1 is 1.24 bits per heavy atom. The molecule has 138 valence electrons. The Morgan fingerprint density at radius 2 is 1.84 bits per heavy atom. The lowest BCUT2D eigenvalue weighted by atomic mass is 10.1. The van der Waals surface area contributed by atoms with Crippen LogP contribution >= 0.6 is 0 Å². The Kier molecular flexibility index (Phi) is 5.81. The highest BCUT2D eigenvalue weighted by molar-refractivity contribution is 7.89. The number of hydrogen-bond donors (Lipinski definition) is 3. The average molecular weight is 370 g/mol. The highest BCUT2D eigenvalue weighted by Gasteiger charge is 2.29. The number of carboxylic acids is 1. The Hall–Kier alpha value is -1.97. The van der Waals surface area contributed by atoms with Gasteiger partial charge in [0.1, 0.15) is 0 Å². The van der Waals surface area contributed by atoms with Crippen molar-refractivity contribution in [3.8, 4) is 0 Å². The summed E-state index contributed by atoms with van der Waals surface area (Å²) < 4.78 is 26.6. The van der Waals surface area contributed by atoms with Crippen molar-refractivity contribution in [1.29, 1.82) is 0 Å². The van der Waals surface area contributed by atoms with Crippen LogP contribution in [0.4, 0.5) is 0 Å². The lowest BCUT2D eigenvalue weighted by Crippen LogP contribution is -2.47. The first-order valence-corrected chi connectivity index (χ1v) is 9.41. The minimum atomic E-state index is -3.68. The number of aliphatic carboxylic acids is 1. The van der Waals surface area contributed by atoms with Crippen LogP contribution in [0, 0.1) is 6.92 Å². The van der Waals surface area contributed by atoms with Crippen molar-refractivity contribution in [2.45, 2.75) is 43.7 Å². The van der Waals surface area contributed by atoms with Gasteiger partial charge in [0.2, 0.25) is 10.0 Å². The molecule has 0 aliphatic carbocycles. The zero-order valence-electron chi connectivity index (χ0n) is 14.1. The van der Waals surface area contributed by atoms with Crippen LogP contribution in [-0.2, 0) is 14.8 Å². The summed E-state index contributed by atoms with van der Waals surface area (Å²) in [7, 11) is -3.68. The number of aliphatic hydroxyl groups is 1. The van der Waals surface area contributed by atoms with E-state index in [0.29, 0.717) is 18.7 Å². The zero-order chi connectivity index (χ0) is 18.8. The van der Waals surface area contributed by atoms with E-state index in [4.69, 9.17) is 5.11 Å². The molecule has 1 amide bonds. The van der Waals surface area contributed by atoms with Crippen LogP contribution in [0.1, 0.15) is 35.7 Å². The van der Waals surface area contributed by atoms with Crippen molar-refractivity contribution in [3.05, 3.63) is 29.3 Å². The van der Waals surface area contributed by atoms with E-state index in [-0.39, 0.29) is 10.5 Å². The van der Waals surface area contributed by atoms with Gasteiger partial charge < -0.3 is 15.5 Å². The molecule has 0 aromatic heterocycles. The quantitative estimate of drug-likeness (QED) is 0.663. The lowest BCUT2D eigenvalue weighted by molar-refractivity contribution is -0.141. The van der Waals surface area contributed by atoms with Crippen molar-refractivity contribution < 1.29 is 28.2 Å². The fraction of sp³-hybridized carbons (Fsp3) is 0.500. The minimum absolute atomic E-state index is 0.00549. The molecule has 2 rings (SSSR count). The second-order valence-electron chi connectivity index (χ2n) is 6.12. The molecule has 1 heterocycles. The standard InChI is InChI=1S/C16H22N2O6S/c1-10-5-6-12(25(23,24)18-7-3-4-8-18)9-13(10)15(20)17-14(11(2)19)16(21)22/h5-6,9,11,14,19H,3-4,7-8H2,1-2H3,(H,17,20)(H,21,22)/t11-,14-/m0/s1. The van der Waals surface area contributed by atoms with E-state index >= 15 is 0 Å². The molecule has 1 aromatic rings. The summed E-state index contributed by atoms with van der Waals surface area (Å²) >= 11 is 0. The van der Waals surface area contributed by atoms with Crippen LogP contribution in [0.3, 0.4) is 0 Å². The SMILES string of the molecule is Cc1ccc(S(=O)(=O)N2CCCC2)cc1C(=O)N[C@H](C(=O)O)[C@H](C)O.